The molecule has 3 rings (SSSR count). The van der Waals surface area contributed by atoms with Crippen molar-refractivity contribution in [3.63, 3.8) is 0 Å². The SMILES string of the molecule is FC(F)(F)C(F)(F)C(F)(F)C(F)(F)C(F)(F)C(F)(F)C(F)(F)C(F)(F)CCOc1ccc(/C=C/c2ccc(/C=C/c3nnc(C(Cl)(Cl)Cl)o3)cc2)cc1. The highest BCUT2D eigenvalue weighted by atomic mass is 35.6. The van der Waals surface area contributed by atoms with Crippen molar-refractivity contribution in [2.24, 2.45) is 0 Å². The van der Waals surface area contributed by atoms with Crippen LogP contribution in [0.5, 0.6) is 5.75 Å². The number of rotatable bonds is 14. The van der Waals surface area contributed by atoms with E-state index in [1.807, 2.05) is 0 Å². The van der Waals surface area contributed by atoms with E-state index in [4.69, 9.17) is 39.2 Å². The summed E-state index contributed by atoms with van der Waals surface area (Å²) >= 11 is 16.9. The Bertz CT molecular complexity index is 1770. The van der Waals surface area contributed by atoms with E-state index in [1.165, 1.54) is 24.3 Å². The lowest BCUT2D eigenvalue weighted by atomic mass is 9.88. The minimum atomic E-state index is -8.67. The maximum absolute atomic E-state index is 14.1. The molecule has 3 aromatic rings. The molecule has 53 heavy (non-hydrogen) atoms. The van der Waals surface area contributed by atoms with E-state index >= 15 is 0 Å². The lowest BCUT2D eigenvalue weighted by Gasteiger charge is -2.42. The molecule has 24 heteroatoms. The molecule has 0 N–H and O–H groups in total. The molecular formula is C29H16Cl3F17N2O2. The van der Waals surface area contributed by atoms with Gasteiger partial charge in [-0.1, -0.05) is 83.4 Å². The van der Waals surface area contributed by atoms with E-state index in [1.54, 1.807) is 36.4 Å². The van der Waals surface area contributed by atoms with Crippen molar-refractivity contribution in [2.75, 3.05) is 6.61 Å². The van der Waals surface area contributed by atoms with Crippen LogP contribution in [0.15, 0.2) is 52.9 Å². The standard InChI is InChI=1S/C29H16Cl3F17N2O2/c30-22(31,32)20-51-50-19(53-20)12-9-16-4-1-15(2-5-16)3-6-17-7-10-18(11-8-17)52-14-13-21(33,34)23(35,36)24(37,38)25(39,40)26(41,42)27(43,44)28(45,46)29(47,48)49/h1-12H,13-14H2/b6-3+,12-9+. The predicted molar refractivity (Wildman–Crippen MR) is 155 cm³/mol. The molecule has 1 aromatic heterocycles. The van der Waals surface area contributed by atoms with Crippen LogP contribution in [0, 0.1) is 0 Å². The van der Waals surface area contributed by atoms with Crippen molar-refractivity contribution in [3.8, 4) is 5.75 Å². The van der Waals surface area contributed by atoms with Crippen LogP contribution in [0.25, 0.3) is 24.3 Å². The van der Waals surface area contributed by atoms with Gasteiger partial charge in [0, 0.05) is 6.08 Å². The molecule has 0 saturated carbocycles. The molecule has 0 spiro atoms. The summed E-state index contributed by atoms with van der Waals surface area (Å²) in [7, 11) is 0. The molecule has 0 bridgehead atoms. The van der Waals surface area contributed by atoms with Gasteiger partial charge in [0.25, 0.3) is 9.68 Å². The van der Waals surface area contributed by atoms with Gasteiger partial charge in [-0.25, -0.2) is 0 Å². The van der Waals surface area contributed by atoms with E-state index in [-0.39, 0.29) is 11.8 Å². The summed E-state index contributed by atoms with van der Waals surface area (Å²) < 4.78 is 236. The van der Waals surface area contributed by atoms with Crippen LogP contribution >= 0.6 is 34.8 Å². The lowest BCUT2D eigenvalue weighted by Crippen LogP contribution is -2.74. The smallest absolute Gasteiger partial charge is 0.460 e. The fourth-order valence-electron chi connectivity index (χ4n) is 3.82. The van der Waals surface area contributed by atoms with Gasteiger partial charge in [0.15, 0.2) is 0 Å². The molecule has 0 amide bonds. The zero-order valence-electron chi connectivity index (χ0n) is 25.1. The van der Waals surface area contributed by atoms with Crippen LogP contribution < -0.4 is 4.74 Å². The fraction of sp³-hybridized carbons (Fsp3) is 0.379. The van der Waals surface area contributed by atoms with Gasteiger partial charge in [0.1, 0.15) is 5.75 Å². The maximum Gasteiger partial charge on any atom is 0.460 e. The summed E-state index contributed by atoms with van der Waals surface area (Å²) in [4.78, 5) is 0. The fourth-order valence-corrected chi connectivity index (χ4v) is 4.05. The third kappa shape index (κ3) is 8.45. The molecule has 0 saturated heterocycles. The quantitative estimate of drug-likeness (QED) is 0.0921. The molecule has 0 atom stereocenters. The second-order valence-corrected chi connectivity index (χ2v) is 12.9. The van der Waals surface area contributed by atoms with Gasteiger partial charge in [0.2, 0.25) is 5.89 Å². The molecular weight excluding hydrogens is 838 g/mol. The zero-order valence-corrected chi connectivity index (χ0v) is 27.4. The van der Waals surface area contributed by atoms with Gasteiger partial charge < -0.3 is 9.15 Å². The normalized spacial score (nSPS) is 14.8. The first kappa shape index (κ1) is 43.9. The number of benzene rings is 2. The molecule has 294 valence electrons. The van der Waals surface area contributed by atoms with Crippen LogP contribution in [0.2, 0.25) is 0 Å². The summed E-state index contributed by atoms with van der Waals surface area (Å²) in [6.45, 7) is -1.75. The highest BCUT2D eigenvalue weighted by Crippen LogP contribution is 2.64. The van der Waals surface area contributed by atoms with Gasteiger partial charge in [-0.3, -0.25) is 0 Å². The van der Waals surface area contributed by atoms with E-state index in [2.05, 4.69) is 14.9 Å². The van der Waals surface area contributed by atoms with Crippen molar-refractivity contribution < 1.29 is 83.8 Å². The van der Waals surface area contributed by atoms with Crippen LogP contribution in [0.1, 0.15) is 34.9 Å². The van der Waals surface area contributed by atoms with Gasteiger partial charge in [-0.05, 0) is 34.9 Å². The molecule has 0 radical (unpaired) electrons. The van der Waals surface area contributed by atoms with E-state index < -0.39 is 70.2 Å². The maximum atomic E-state index is 14.1. The number of aromatic nitrogens is 2. The van der Waals surface area contributed by atoms with Crippen LogP contribution in [-0.2, 0) is 3.79 Å². The predicted octanol–water partition coefficient (Wildman–Crippen LogP) is 12.0. The van der Waals surface area contributed by atoms with Gasteiger partial charge >= 0.3 is 47.6 Å². The third-order valence-corrected chi connectivity index (χ3v) is 7.34. The van der Waals surface area contributed by atoms with E-state index in [9.17, 15) is 74.6 Å². The monoisotopic (exact) mass is 852 g/mol. The Hall–Kier alpha value is -3.46. The van der Waals surface area contributed by atoms with Crippen LogP contribution in [0.4, 0.5) is 74.6 Å². The van der Waals surface area contributed by atoms with Crippen molar-refractivity contribution in [1.82, 2.24) is 10.2 Å². The first-order valence-corrected chi connectivity index (χ1v) is 14.8. The Morgan fingerprint density at radius 1 is 0.509 bits per heavy atom. The summed E-state index contributed by atoms with van der Waals surface area (Å²) in [6.07, 6.45) is -4.40. The van der Waals surface area contributed by atoms with E-state index in [0.29, 0.717) is 16.7 Å². The van der Waals surface area contributed by atoms with E-state index in [0.717, 1.165) is 12.1 Å². The Labute approximate surface area is 300 Å². The molecule has 0 aliphatic carbocycles. The minimum Gasteiger partial charge on any atom is -0.493 e. The number of alkyl halides is 20. The zero-order chi connectivity index (χ0) is 40.7. The molecule has 0 fully saturated rings. The average Bonchev–Trinajstić information content (AvgIpc) is 3.53. The van der Waals surface area contributed by atoms with Gasteiger partial charge in [-0.15, -0.1) is 10.2 Å². The topological polar surface area (TPSA) is 48.2 Å². The summed E-state index contributed by atoms with van der Waals surface area (Å²) in [5, 5.41) is 7.26. The van der Waals surface area contributed by atoms with Crippen molar-refractivity contribution in [3.05, 3.63) is 77.0 Å². The molecule has 4 nitrogen and oxygen atoms in total. The molecule has 0 aliphatic rings. The van der Waals surface area contributed by atoms with Crippen LogP contribution in [-0.4, -0.2) is 64.4 Å². The Morgan fingerprint density at radius 2 is 0.887 bits per heavy atom. The number of ether oxygens (including phenoxy) is 1. The molecule has 0 aliphatic heterocycles. The Kier molecular flexibility index (Phi) is 12.1. The van der Waals surface area contributed by atoms with Gasteiger partial charge in [-0.2, -0.15) is 74.6 Å². The number of hydrogen-bond donors (Lipinski definition) is 0. The number of hydrogen-bond acceptors (Lipinski definition) is 4. The number of nitrogens with zero attached hydrogens (tertiary/aromatic N) is 2. The Balaban J connectivity index is 1.64. The Morgan fingerprint density at radius 3 is 1.28 bits per heavy atom. The average molecular weight is 854 g/mol. The van der Waals surface area contributed by atoms with Crippen molar-refractivity contribution >= 4 is 59.1 Å². The van der Waals surface area contributed by atoms with Gasteiger partial charge in [0.05, 0.1) is 13.0 Å². The molecule has 0 unspecified atom stereocenters. The first-order valence-electron chi connectivity index (χ1n) is 13.6. The first-order chi connectivity index (χ1) is 23.8. The summed E-state index contributed by atoms with van der Waals surface area (Å²) in [5.74, 6) is -57.3. The number of halogens is 20. The third-order valence-electron chi connectivity index (χ3n) is 6.86. The highest BCUT2D eigenvalue weighted by Gasteiger charge is 2.95. The van der Waals surface area contributed by atoms with Crippen molar-refractivity contribution in [2.45, 2.75) is 57.8 Å². The second-order valence-electron chi connectivity index (χ2n) is 10.6. The summed E-state index contributed by atoms with van der Waals surface area (Å²) in [6, 6.07) is 11.2. The molecule has 1 heterocycles. The van der Waals surface area contributed by atoms with Crippen LogP contribution in [0.3, 0.4) is 0 Å². The largest absolute Gasteiger partial charge is 0.493 e. The molecule has 2 aromatic carbocycles. The lowest BCUT2D eigenvalue weighted by molar-refractivity contribution is -0.461. The minimum absolute atomic E-state index is 0.0377. The second kappa shape index (κ2) is 14.6. The highest BCUT2D eigenvalue weighted by molar-refractivity contribution is 6.66. The van der Waals surface area contributed by atoms with Crippen molar-refractivity contribution in [1.29, 1.82) is 0 Å². The summed E-state index contributed by atoms with van der Waals surface area (Å²) in [5.41, 5.74) is 1.71.